The summed E-state index contributed by atoms with van der Waals surface area (Å²) in [6.45, 7) is 2.63. The fourth-order valence-electron chi connectivity index (χ4n) is 4.01. The number of anilines is 3. The maximum absolute atomic E-state index is 5.94. The van der Waals surface area contributed by atoms with E-state index in [0.717, 1.165) is 22.9 Å². The number of nitrogens with zero attached hydrogens (tertiary/aromatic N) is 6. The van der Waals surface area contributed by atoms with E-state index in [9.17, 15) is 0 Å². The van der Waals surface area contributed by atoms with Crippen molar-refractivity contribution in [1.82, 2.24) is 24.5 Å². The molecular formula is C21H25N7O2. The summed E-state index contributed by atoms with van der Waals surface area (Å²) >= 11 is 0. The number of pyridine rings is 1. The number of hydrogen-bond acceptors (Lipinski definition) is 8. The Morgan fingerprint density at radius 3 is 2.73 bits per heavy atom. The van der Waals surface area contributed by atoms with Crippen molar-refractivity contribution in [1.29, 1.82) is 0 Å². The van der Waals surface area contributed by atoms with Gasteiger partial charge in [-0.05, 0) is 25.7 Å². The lowest BCUT2D eigenvalue weighted by atomic mass is 9.79. The van der Waals surface area contributed by atoms with Gasteiger partial charge in [-0.1, -0.05) is 6.42 Å². The molecule has 3 aromatic rings. The number of hydrogen-bond donors (Lipinski definition) is 1. The Balaban J connectivity index is 1.39. The third kappa shape index (κ3) is 3.30. The smallest absolute Gasteiger partial charge is 0.229 e. The lowest BCUT2D eigenvalue weighted by Gasteiger charge is -2.42. The van der Waals surface area contributed by atoms with Crippen molar-refractivity contribution >= 4 is 17.5 Å². The predicted molar refractivity (Wildman–Crippen MR) is 113 cm³/mol. The van der Waals surface area contributed by atoms with Gasteiger partial charge in [0.15, 0.2) is 23.1 Å². The van der Waals surface area contributed by atoms with Gasteiger partial charge in [0.1, 0.15) is 12.9 Å². The van der Waals surface area contributed by atoms with Gasteiger partial charge in [-0.3, -0.25) is 4.57 Å². The van der Waals surface area contributed by atoms with Crippen LogP contribution in [0.25, 0.3) is 5.82 Å². The van der Waals surface area contributed by atoms with E-state index in [-0.39, 0.29) is 0 Å². The van der Waals surface area contributed by atoms with E-state index in [0.29, 0.717) is 36.1 Å². The van der Waals surface area contributed by atoms with Gasteiger partial charge in [0.25, 0.3) is 0 Å². The molecule has 30 heavy (non-hydrogen) atoms. The van der Waals surface area contributed by atoms with Crippen LogP contribution in [-0.4, -0.2) is 51.3 Å². The van der Waals surface area contributed by atoms with Crippen molar-refractivity contribution < 1.29 is 9.47 Å². The highest BCUT2D eigenvalue weighted by atomic mass is 16.5. The van der Waals surface area contributed by atoms with Gasteiger partial charge in [-0.25, -0.2) is 15.0 Å². The summed E-state index contributed by atoms with van der Waals surface area (Å²) in [5, 5.41) is 3.23. The van der Waals surface area contributed by atoms with E-state index in [2.05, 4.69) is 32.2 Å². The van der Waals surface area contributed by atoms with Gasteiger partial charge in [0.2, 0.25) is 5.95 Å². The molecule has 1 N–H and O–H groups in total. The fraction of sp³-hybridized carbons (Fsp3) is 0.429. The summed E-state index contributed by atoms with van der Waals surface area (Å²) in [5.41, 5.74) is 1.65. The average molecular weight is 407 g/mol. The first kappa shape index (κ1) is 18.7. The number of rotatable bonds is 5. The number of imidazole rings is 1. The lowest BCUT2D eigenvalue weighted by Crippen LogP contribution is -2.48. The van der Waals surface area contributed by atoms with E-state index in [1.807, 2.05) is 23.8 Å². The molecule has 0 radical (unpaired) electrons. The molecule has 3 aromatic heterocycles. The molecule has 0 unspecified atom stereocenters. The quantitative estimate of drug-likeness (QED) is 0.690. The number of aromatic nitrogens is 5. The van der Waals surface area contributed by atoms with Gasteiger partial charge in [0.05, 0.1) is 36.9 Å². The van der Waals surface area contributed by atoms with E-state index in [1.54, 1.807) is 25.8 Å². The Morgan fingerprint density at radius 2 is 2.03 bits per heavy atom. The maximum atomic E-state index is 5.94. The third-order valence-electron chi connectivity index (χ3n) is 5.94. The summed E-state index contributed by atoms with van der Waals surface area (Å²) < 4.78 is 13.3. The number of methoxy groups -OCH3 is 1. The van der Waals surface area contributed by atoms with Gasteiger partial charge in [-0.2, -0.15) is 4.98 Å². The minimum atomic E-state index is 0.369. The first-order chi connectivity index (χ1) is 14.6. The standard InChI is InChI=1S/C21H25N7O2/c1-13-10-28(12-24-13)19-17(29-3)7-15(8-22-19)25-21-23-9-18-20(26-21)27(2)16(11-30-18)14-5-4-6-14/h7-10,12,14,16H,4-6,11H2,1-3H3,(H,23,25,26)/t16-/m1/s1. The van der Waals surface area contributed by atoms with Crippen LogP contribution in [0, 0.1) is 12.8 Å². The van der Waals surface area contributed by atoms with E-state index < -0.39 is 0 Å². The first-order valence-corrected chi connectivity index (χ1v) is 10.2. The molecule has 1 saturated carbocycles. The van der Waals surface area contributed by atoms with Crippen molar-refractivity contribution in [2.24, 2.45) is 5.92 Å². The van der Waals surface area contributed by atoms with Gasteiger partial charge in [-0.15, -0.1) is 0 Å². The Bertz CT molecular complexity index is 1060. The highest BCUT2D eigenvalue weighted by Crippen LogP contribution is 2.39. The van der Waals surface area contributed by atoms with E-state index in [4.69, 9.17) is 14.5 Å². The summed E-state index contributed by atoms with van der Waals surface area (Å²) in [6.07, 6.45) is 10.9. The highest BCUT2D eigenvalue weighted by Gasteiger charge is 2.35. The Morgan fingerprint density at radius 1 is 1.17 bits per heavy atom. The SMILES string of the molecule is COc1cc(Nc2ncc3c(n2)N(C)[C@@H](C2CCC2)CO3)cnc1-n1cnc(C)c1. The second kappa shape index (κ2) is 7.47. The number of ether oxygens (including phenoxy) is 2. The molecule has 4 heterocycles. The van der Waals surface area contributed by atoms with Crippen LogP contribution in [0.2, 0.25) is 0 Å². The van der Waals surface area contributed by atoms with Crippen LogP contribution >= 0.6 is 0 Å². The zero-order chi connectivity index (χ0) is 20.7. The number of nitrogens with one attached hydrogen (secondary N) is 1. The highest BCUT2D eigenvalue weighted by molar-refractivity contribution is 5.62. The van der Waals surface area contributed by atoms with Crippen molar-refractivity contribution in [3.05, 3.63) is 36.7 Å². The predicted octanol–water partition coefficient (Wildman–Crippen LogP) is 3.12. The molecule has 9 nitrogen and oxygen atoms in total. The van der Waals surface area contributed by atoms with Crippen molar-refractivity contribution in [3.63, 3.8) is 0 Å². The van der Waals surface area contributed by atoms with Crippen LogP contribution in [0.15, 0.2) is 31.0 Å². The van der Waals surface area contributed by atoms with Crippen LogP contribution < -0.4 is 19.7 Å². The second-order valence-electron chi connectivity index (χ2n) is 7.86. The molecule has 1 aliphatic carbocycles. The van der Waals surface area contributed by atoms with Gasteiger partial charge < -0.3 is 19.7 Å². The lowest BCUT2D eigenvalue weighted by molar-refractivity contribution is 0.170. The summed E-state index contributed by atoms with van der Waals surface area (Å²) in [7, 11) is 3.71. The maximum Gasteiger partial charge on any atom is 0.229 e. The Hall–Kier alpha value is -3.36. The van der Waals surface area contributed by atoms with Crippen molar-refractivity contribution in [2.75, 3.05) is 31.0 Å². The molecule has 0 amide bonds. The van der Waals surface area contributed by atoms with Gasteiger partial charge in [0, 0.05) is 19.3 Å². The molecule has 0 aromatic carbocycles. The summed E-state index contributed by atoms with van der Waals surface area (Å²) in [4.78, 5) is 20.1. The van der Waals surface area contributed by atoms with Crippen LogP contribution in [0.1, 0.15) is 25.0 Å². The molecule has 2 aliphatic rings. The first-order valence-electron chi connectivity index (χ1n) is 10.2. The number of aryl methyl sites for hydroxylation is 1. The van der Waals surface area contributed by atoms with E-state index in [1.165, 1.54) is 19.3 Å². The van der Waals surface area contributed by atoms with Crippen molar-refractivity contribution in [3.8, 4) is 17.3 Å². The molecule has 9 heteroatoms. The summed E-state index contributed by atoms with van der Waals surface area (Å²) in [5.74, 6) is 4.02. The Labute approximate surface area is 175 Å². The van der Waals surface area contributed by atoms with Crippen LogP contribution in [0.4, 0.5) is 17.5 Å². The molecule has 1 fully saturated rings. The van der Waals surface area contributed by atoms with Gasteiger partial charge >= 0.3 is 0 Å². The molecule has 156 valence electrons. The normalized spacial score (nSPS) is 18.4. The Kier molecular flexibility index (Phi) is 4.65. The molecule has 5 rings (SSSR count). The van der Waals surface area contributed by atoms with Crippen molar-refractivity contribution in [2.45, 2.75) is 32.2 Å². The zero-order valence-corrected chi connectivity index (χ0v) is 17.4. The minimum absolute atomic E-state index is 0.369. The van der Waals surface area contributed by atoms with Crippen LogP contribution in [-0.2, 0) is 0 Å². The molecule has 1 atom stereocenters. The molecule has 1 aliphatic heterocycles. The van der Waals surface area contributed by atoms with Crippen LogP contribution in [0.3, 0.4) is 0 Å². The monoisotopic (exact) mass is 407 g/mol. The fourth-order valence-corrected chi connectivity index (χ4v) is 4.01. The largest absolute Gasteiger partial charge is 0.493 e. The molecule has 0 spiro atoms. The topological polar surface area (TPSA) is 90.2 Å². The molecular weight excluding hydrogens is 382 g/mol. The third-order valence-corrected chi connectivity index (χ3v) is 5.94. The minimum Gasteiger partial charge on any atom is -0.493 e. The average Bonchev–Trinajstić information content (AvgIpc) is 3.15. The second-order valence-corrected chi connectivity index (χ2v) is 7.86. The summed E-state index contributed by atoms with van der Waals surface area (Å²) in [6, 6.07) is 2.24. The molecule has 0 bridgehead atoms. The zero-order valence-electron chi connectivity index (χ0n) is 17.4. The number of fused-ring (bicyclic) bond motifs is 1. The van der Waals surface area contributed by atoms with E-state index >= 15 is 0 Å². The van der Waals surface area contributed by atoms with Crippen LogP contribution in [0.5, 0.6) is 11.5 Å². The number of likely N-dealkylation sites (N-methyl/N-ethyl adjacent to an activating group) is 1. The molecule has 0 saturated heterocycles.